The van der Waals surface area contributed by atoms with E-state index >= 15 is 0 Å². The highest BCUT2D eigenvalue weighted by atomic mass is 16.8. The van der Waals surface area contributed by atoms with Crippen molar-refractivity contribution in [2.45, 2.75) is 12.8 Å². The fourth-order valence-electron chi connectivity index (χ4n) is 2.63. The van der Waals surface area contributed by atoms with Gasteiger partial charge in [-0.3, -0.25) is 14.8 Å². The van der Waals surface area contributed by atoms with Crippen molar-refractivity contribution in [1.29, 1.82) is 0 Å². The molecule has 9 nitrogen and oxygen atoms in total. The number of carbonyl (C=O) groups excluding carboxylic acids is 3. The Morgan fingerprint density at radius 2 is 1.48 bits per heavy atom. The summed E-state index contributed by atoms with van der Waals surface area (Å²) in [5.41, 5.74) is 9.96. The zero-order valence-electron chi connectivity index (χ0n) is 14.1. The molecule has 2 aromatic carbocycles. The molecular weight excluding hydrogens is 352 g/mol. The number of benzene rings is 2. The number of amides is 3. The van der Waals surface area contributed by atoms with Crippen LogP contribution < -0.4 is 11.2 Å². The summed E-state index contributed by atoms with van der Waals surface area (Å²) >= 11 is 0. The van der Waals surface area contributed by atoms with Crippen LogP contribution in [-0.2, 0) is 14.4 Å². The third kappa shape index (κ3) is 3.77. The first kappa shape index (κ1) is 18.1. The number of imide groups is 1. The summed E-state index contributed by atoms with van der Waals surface area (Å²) in [6.07, 6.45) is -1.21. The molecule has 0 unspecified atom stereocenters. The molecule has 138 valence electrons. The predicted octanol–water partition coefficient (Wildman–Crippen LogP) is 2.14. The van der Waals surface area contributed by atoms with Gasteiger partial charge in [-0.15, -0.1) is 5.06 Å². The van der Waals surface area contributed by atoms with Crippen molar-refractivity contribution in [2.75, 3.05) is 5.73 Å². The van der Waals surface area contributed by atoms with Gasteiger partial charge in [0, 0.05) is 23.6 Å². The molecule has 1 aromatic heterocycles. The van der Waals surface area contributed by atoms with Gasteiger partial charge in [0.25, 0.3) is 11.8 Å². The van der Waals surface area contributed by atoms with Gasteiger partial charge in [0.05, 0.1) is 16.7 Å². The van der Waals surface area contributed by atoms with E-state index in [4.69, 9.17) is 10.9 Å². The molecule has 1 saturated heterocycles. The quantitative estimate of drug-likeness (QED) is 0.259. The largest absolute Gasteiger partial charge is 0.456 e. The fraction of sp³-hybridized carbons (Fsp3) is 0.111. The highest BCUT2D eigenvalue weighted by molar-refractivity contribution is 6.06. The maximum Gasteiger partial charge on any atom is 0.456 e. The Hall–Kier alpha value is -3.72. The lowest BCUT2D eigenvalue weighted by atomic mass is 10.1. The summed E-state index contributed by atoms with van der Waals surface area (Å²) in [5.74, 6) is -1.19. The number of nitrogen functional groups attached to an aromatic ring is 1. The van der Waals surface area contributed by atoms with Gasteiger partial charge in [-0.2, -0.15) is 0 Å². The van der Waals surface area contributed by atoms with Crippen molar-refractivity contribution >= 4 is 45.4 Å². The van der Waals surface area contributed by atoms with Crippen molar-refractivity contribution in [3.63, 3.8) is 0 Å². The second-order valence-electron chi connectivity index (χ2n) is 5.63. The van der Waals surface area contributed by atoms with E-state index in [9.17, 15) is 14.4 Å². The molecule has 4 rings (SSSR count). The number of anilines is 1. The Kier molecular flexibility index (Phi) is 5.13. The van der Waals surface area contributed by atoms with E-state index in [2.05, 4.69) is 9.82 Å². The van der Waals surface area contributed by atoms with Gasteiger partial charge in [-0.25, -0.2) is 15.3 Å². The summed E-state index contributed by atoms with van der Waals surface area (Å²) < 4.78 is 0. The molecular formula is C18H16N4O5. The van der Waals surface area contributed by atoms with E-state index in [0.717, 1.165) is 33.0 Å². The monoisotopic (exact) mass is 368 g/mol. The van der Waals surface area contributed by atoms with Gasteiger partial charge in [0.15, 0.2) is 0 Å². The number of hydrogen-bond donors (Lipinski definition) is 3. The number of aromatic nitrogens is 1. The van der Waals surface area contributed by atoms with Crippen LogP contribution in [0.4, 0.5) is 10.5 Å². The standard InChI is InChI=1S/C13H10N2.C5H6N2O5/c14-13-9-5-1-3-7-11(9)15-12-8-4-2-6-10(12)13;8-3-1-2-4(9)7(3)12-5(10)6-11/h1-8H,(H2,14,15);11H,1-2H2,(H,6,10). The molecule has 0 spiro atoms. The third-order valence-corrected chi connectivity index (χ3v) is 3.90. The van der Waals surface area contributed by atoms with Crippen molar-refractivity contribution in [1.82, 2.24) is 15.5 Å². The van der Waals surface area contributed by atoms with Gasteiger partial charge in [-0.05, 0) is 12.1 Å². The first-order valence-electron chi connectivity index (χ1n) is 8.02. The summed E-state index contributed by atoms with van der Waals surface area (Å²) in [7, 11) is 0. The van der Waals surface area contributed by atoms with Crippen LogP contribution in [0.3, 0.4) is 0 Å². The van der Waals surface area contributed by atoms with E-state index in [1.807, 2.05) is 48.5 Å². The number of nitrogens with zero attached hydrogens (tertiary/aromatic N) is 2. The van der Waals surface area contributed by atoms with E-state index < -0.39 is 17.9 Å². The van der Waals surface area contributed by atoms with Gasteiger partial charge in [-0.1, -0.05) is 36.4 Å². The second kappa shape index (κ2) is 7.67. The number of pyridine rings is 1. The number of rotatable bonds is 1. The number of nitrogens with two attached hydrogens (primary N) is 1. The molecule has 0 atom stereocenters. The molecule has 4 N–H and O–H groups in total. The summed E-state index contributed by atoms with van der Waals surface area (Å²) in [4.78, 5) is 40.5. The van der Waals surface area contributed by atoms with Crippen LogP contribution >= 0.6 is 0 Å². The molecule has 1 aliphatic rings. The molecule has 0 bridgehead atoms. The van der Waals surface area contributed by atoms with Crippen molar-refractivity contribution in [3.05, 3.63) is 48.5 Å². The maximum absolute atomic E-state index is 10.8. The number of carbonyl (C=O) groups is 3. The number of hydroxylamine groups is 3. The van der Waals surface area contributed by atoms with Crippen LogP contribution in [0.1, 0.15) is 12.8 Å². The lowest BCUT2D eigenvalue weighted by molar-refractivity contribution is -0.173. The molecule has 0 aliphatic carbocycles. The smallest absolute Gasteiger partial charge is 0.398 e. The molecule has 1 fully saturated rings. The average Bonchev–Trinajstić information content (AvgIpc) is 3.00. The van der Waals surface area contributed by atoms with Crippen LogP contribution in [0.5, 0.6) is 0 Å². The highest BCUT2D eigenvalue weighted by Crippen LogP contribution is 2.27. The first-order chi connectivity index (χ1) is 13.0. The molecule has 0 saturated carbocycles. The Morgan fingerprint density at radius 3 is 1.96 bits per heavy atom. The van der Waals surface area contributed by atoms with Crippen molar-refractivity contribution in [2.24, 2.45) is 0 Å². The van der Waals surface area contributed by atoms with Crippen LogP contribution in [0, 0.1) is 0 Å². The average molecular weight is 368 g/mol. The molecule has 2 heterocycles. The van der Waals surface area contributed by atoms with Crippen LogP contribution in [-0.4, -0.2) is 33.2 Å². The minimum Gasteiger partial charge on any atom is -0.398 e. The predicted molar refractivity (Wildman–Crippen MR) is 96.2 cm³/mol. The number of para-hydroxylation sites is 2. The third-order valence-electron chi connectivity index (χ3n) is 3.90. The molecule has 27 heavy (non-hydrogen) atoms. The summed E-state index contributed by atoms with van der Waals surface area (Å²) in [5, 5.41) is 10.4. The zero-order chi connectivity index (χ0) is 19.4. The topological polar surface area (TPSA) is 135 Å². The normalized spacial score (nSPS) is 13.4. The SMILES string of the molecule is Nc1c2ccccc2nc2ccccc12.O=C(NO)ON1C(=O)CCC1=O. The molecule has 3 amide bonds. The minimum atomic E-state index is -1.27. The van der Waals surface area contributed by atoms with Crippen LogP contribution in [0.15, 0.2) is 48.5 Å². The van der Waals surface area contributed by atoms with E-state index in [0.29, 0.717) is 5.06 Å². The maximum atomic E-state index is 10.8. The highest BCUT2D eigenvalue weighted by Gasteiger charge is 2.32. The zero-order valence-corrected chi connectivity index (χ0v) is 14.1. The van der Waals surface area contributed by atoms with E-state index in [1.54, 1.807) is 0 Å². The Bertz CT molecular complexity index is 967. The minimum absolute atomic E-state index is 0.0253. The molecule has 0 radical (unpaired) electrons. The van der Waals surface area contributed by atoms with Crippen molar-refractivity contribution < 1.29 is 24.4 Å². The van der Waals surface area contributed by atoms with Gasteiger partial charge >= 0.3 is 6.09 Å². The van der Waals surface area contributed by atoms with Gasteiger partial charge in [0.1, 0.15) is 0 Å². The van der Waals surface area contributed by atoms with Gasteiger partial charge < -0.3 is 10.6 Å². The first-order valence-corrected chi connectivity index (χ1v) is 8.02. The number of fused-ring (bicyclic) bond motifs is 2. The number of nitrogens with one attached hydrogen (secondary N) is 1. The van der Waals surface area contributed by atoms with Crippen LogP contribution in [0.25, 0.3) is 21.8 Å². The van der Waals surface area contributed by atoms with Crippen molar-refractivity contribution in [3.8, 4) is 0 Å². The second-order valence-corrected chi connectivity index (χ2v) is 5.63. The van der Waals surface area contributed by atoms with Gasteiger partial charge in [0.2, 0.25) is 0 Å². The summed E-state index contributed by atoms with van der Waals surface area (Å²) in [6.45, 7) is 0. The van der Waals surface area contributed by atoms with Crippen LogP contribution in [0.2, 0.25) is 0 Å². The Morgan fingerprint density at radius 1 is 1.00 bits per heavy atom. The number of hydrogen-bond acceptors (Lipinski definition) is 7. The Balaban J connectivity index is 0.000000161. The summed E-state index contributed by atoms with van der Waals surface area (Å²) in [6, 6.07) is 15.9. The van der Waals surface area contributed by atoms with E-state index in [1.165, 1.54) is 0 Å². The Labute approximate surface area is 153 Å². The lowest BCUT2D eigenvalue weighted by Crippen LogP contribution is -2.35. The molecule has 3 aromatic rings. The molecule has 1 aliphatic heterocycles. The van der Waals surface area contributed by atoms with E-state index in [-0.39, 0.29) is 12.8 Å². The molecule has 9 heteroatoms. The lowest BCUT2D eigenvalue weighted by Gasteiger charge is -2.10. The fourth-order valence-corrected chi connectivity index (χ4v) is 2.63.